The fourth-order valence-corrected chi connectivity index (χ4v) is 3.03. The van der Waals surface area contributed by atoms with E-state index in [1.165, 1.54) is 12.1 Å². The van der Waals surface area contributed by atoms with Gasteiger partial charge in [0.25, 0.3) is 5.89 Å². The molecule has 0 N–H and O–H groups in total. The van der Waals surface area contributed by atoms with Gasteiger partial charge in [0.15, 0.2) is 5.82 Å². The Labute approximate surface area is 138 Å². The lowest BCUT2D eigenvalue weighted by atomic mass is 10.1. The molecule has 0 bridgehead atoms. The molecule has 2 aromatic heterocycles. The molecule has 0 amide bonds. The lowest BCUT2D eigenvalue weighted by molar-refractivity contribution is 0.192. The maximum atomic E-state index is 13.1. The van der Waals surface area contributed by atoms with Crippen LogP contribution in [0.3, 0.4) is 0 Å². The quantitative estimate of drug-likeness (QED) is 0.739. The molecule has 1 aliphatic heterocycles. The van der Waals surface area contributed by atoms with Gasteiger partial charge in [0.1, 0.15) is 5.82 Å². The van der Waals surface area contributed by atoms with E-state index in [1.807, 2.05) is 13.8 Å². The van der Waals surface area contributed by atoms with Gasteiger partial charge in [0, 0.05) is 12.5 Å². The average Bonchev–Trinajstić information content (AvgIpc) is 3.28. The fourth-order valence-electron chi connectivity index (χ4n) is 3.03. The average molecular weight is 328 g/mol. The molecule has 1 aliphatic rings. The first-order valence-corrected chi connectivity index (χ1v) is 7.87. The summed E-state index contributed by atoms with van der Waals surface area (Å²) in [6.07, 6.45) is 0.909. The fraction of sp³-hybridized carbons (Fsp3) is 0.353. The molecule has 1 aromatic carbocycles. The number of nitrogens with zero attached hydrogens (tertiary/aromatic N) is 4. The van der Waals surface area contributed by atoms with E-state index in [-0.39, 0.29) is 11.7 Å². The topological polar surface area (TPSA) is 66.0 Å². The van der Waals surface area contributed by atoms with Crippen molar-refractivity contribution in [3.63, 3.8) is 0 Å². The highest BCUT2D eigenvalue weighted by Crippen LogP contribution is 2.30. The van der Waals surface area contributed by atoms with Gasteiger partial charge in [0.05, 0.1) is 29.2 Å². The number of aryl methyl sites for hydroxylation is 1. The van der Waals surface area contributed by atoms with Gasteiger partial charge >= 0.3 is 0 Å². The molecule has 124 valence electrons. The number of ether oxygens (including phenoxy) is 1. The van der Waals surface area contributed by atoms with Gasteiger partial charge in [-0.1, -0.05) is 5.16 Å². The molecule has 7 heteroatoms. The van der Waals surface area contributed by atoms with Crippen LogP contribution in [0.25, 0.3) is 17.1 Å². The van der Waals surface area contributed by atoms with Crippen LogP contribution in [-0.2, 0) is 4.74 Å². The largest absolute Gasteiger partial charge is 0.381 e. The third-order valence-electron chi connectivity index (χ3n) is 4.31. The summed E-state index contributed by atoms with van der Waals surface area (Å²) in [7, 11) is 0. The molecule has 1 atom stereocenters. The Morgan fingerprint density at radius 3 is 2.71 bits per heavy atom. The summed E-state index contributed by atoms with van der Waals surface area (Å²) in [5.41, 5.74) is 3.26. The van der Waals surface area contributed by atoms with Gasteiger partial charge in [0.2, 0.25) is 0 Å². The summed E-state index contributed by atoms with van der Waals surface area (Å²) in [5.74, 6) is 1.05. The standard InChI is InChI=1S/C17H17FN4O2/c1-10-15(17-19-16(21-24-17)12-7-8-23-9-12)11(2)22(20-10)14-5-3-13(18)4-6-14/h3-6,12H,7-9H2,1-2H3/t12-/m1/s1. The van der Waals surface area contributed by atoms with Gasteiger partial charge in [-0.2, -0.15) is 10.1 Å². The van der Waals surface area contributed by atoms with Crippen LogP contribution in [0.1, 0.15) is 29.6 Å². The van der Waals surface area contributed by atoms with Crippen molar-refractivity contribution in [1.29, 1.82) is 0 Å². The molecule has 0 radical (unpaired) electrons. The Kier molecular flexibility index (Phi) is 3.65. The summed E-state index contributed by atoms with van der Waals surface area (Å²) in [6.45, 7) is 5.19. The molecule has 4 rings (SSSR count). The van der Waals surface area contributed by atoms with Crippen LogP contribution in [0.15, 0.2) is 28.8 Å². The van der Waals surface area contributed by atoms with E-state index in [1.54, 1.807) is 16.8 Å². The van der Waals surface area contributed by atoms with Crippen molar-refractivity contribution < 1.29 is 13.7 Å². The normalized spacial score (nSPS) is 17.5. The van der Waals surface area contributed by atoms with E-state index in [9.17, 15) is 4.39 Å². The van der Waals surface area contributed by atoms with E-state index in [4.69, 9.17) is 9.26 Å². The van der Waals surface area contributed by atoms with Crippen molar-refractivity contribution in [3.8, 4) is 17.1 Å². The zero-order valence-electron chi connectivity index (χ0n) is 13.5. The molecule has 0 unspecified atom stereocenters. The molecule has 0 saturated carbocycles. The predicted molar refractivity (Wildman–Crippen MR) is 84.5 cm³/mol. The van der Waals surface area contributed by atoms with Gasteiger partial charge in [-0.05, 0) is 44.5 Å². The van der Waals surface area contributed by atoms with E-state index in [0.717, 1.165) is 35.7 Å². The minimum absolute atomic E-state index is 0.190. The molecular weight excluding hydrogens is 311 g/mol. The monoisotopic (exact) mass is 328 g/mol. The Balaban J connectivity index is 1.72. The zero-order chi connectivity index (χ0) is 16.7. The maximum Gasteiger partial charge on any atom is 0.261 e. The number of hydrogen-bond donors (Lipinski definition) is 0. The first-order chi connectivity index (χ1) is 11.6. The van der Waals surface area contributed by atoms with Gasteiger partial charge < -0.3 is 9.26 Å². The van der Waals surface area contributed by atoms with E-state index >= 15 is 0 Å². The lowest BCUT2D eigenvalue weighted by Crippen LogP contribution is -2.00. The molecular formula is C17H17FN4O2. The zero-order valence-corrected chi connectivity index (χ0v) is 13.5. The van der Waals surface area contributed by atoms with Crippen molar-refractivity contribution in [2.75, 3.05) is 13.2 Å². The Morgan fingerprint density at radius 2 is 2.00 bits per heavy atom. The second kappa shape index (κ2) is 5.83. The van der Waals surface area contributed by atoms with Crippen molar-refractivity contribution in [2.45, 2.75) is 26.2 Å². The number of benzene rings is 1. The van der Waals surface area contributed by atoms with Crippen molar-refractivity contribution in [1.82, 2.24) is 19.9 Å². The highest BCUT2D eigenvalue weighted by molar-refractivity contribution is 5.61. The van der Waals surface area contributed by atoms with E-state index in [0.29, 0.717) is 18.3 Å². The molecule has 0 aliphatic carbocycles. The second-order valence-corrected chi connectivity index (χ2v) is 5.95. The molecule has 3 heterocycles. The maximum absolute atomic E-state index is 13.1. The Bertz CT molecular complexity index is 863. The van der Waals surface area contributed by atoms with Crippen molar-refractivity contribution in [3.05, 3.63) is 47.3 Å². The molecule has 3 aromatic rings. The summed E-state index contributed by atoms with van der Waals surface area (Å²) in [6, 6.07) is 6.20. The lowest BCUT2D eigenvalue weighted by Gasteiger charge is -2.04. The molecule has 1 fully saturated rings. The summed E-state index contributed by atoms with van der Waals surface area (Å²) in [4.78, 5) is 4.53. The summed E-state index contributed by atoms with van der Waals surface area (Å²) in [5, 5.41) is 8.63. The highest BCUT2D eigenvalue weighted by Gasteiger charge is 2.26. The van der Waals surface area contributed by atoms with Crippen LogP contribution in [0.4, 0.5) is 4.39 Å². The minimum Gasteiger partial charge on any atom is -0.381 e. The van der Waals surface area contributed by atoms with Gasteiger partial charge in [-0.15, -0.1) is 0 Å². The number of aromatic nitrogens is 4. The Morgan fingerprint density at radius 1 is 1.21 bits per heavy atom. The SMILES string of the molecule is Cc1nn(-c2ccc(F)cc2)c(C)c1-c1nc([C@@H]2CCOC2)no1. The predicted octanol–water partition coefficient (Wildman–Crippen LogP) is 3.18. The summed E-state index contributed by atoms with van der Waals surface area (Å²) >= 11 is 0. The van der Waals surface area contributed by atoms with Crippen LogP contribution in [-0.4, -0.2) is 33.1 Å². The van der Waals surface area contributed by atoms with Crippen LogP contribution in [0, 0.1) is 19.7 Å². The van der Waals surface area contributed by atoms with Crippen LogP contribution < -0.4 is 0 Å². The number of halogens is 1. The molecule has 6 nitrogen and oxygen atoms in total. The first-order valence-electron chi connectivity index (χ1n) is 7.87. The highest BCUT2D eigenvalue weighted by atomic mass is 19.1. The van der Waals surface area contributed by atoms with E-state index < -0.39 is 0 Å². The van der Waals surface area contributed by atoms with Gasteiger partial charge in [-0.25, -0.2) is 9.07 Å². The number of rotatable bonds is 3. The smallest absolute Gasteiger partial charge is 0.261 e. The van der Waals surface area contributed by atoms with Crippen LogP contribution >= 0.6 is 0 Å². The first kappa shape index (κ1) is 15.0. The Hall–Kier alpha value is -2.54. The minimum atomic E-state index is -0.277. The second-order valence-electron chi connectivity index (χ2n) is 5.95. The summed E-state index contributed by atoms with van der Waals surface area (Å²) < 4.78 is 25.7. The third kappa shape index (κ3) is 2.50. The van der Waals surface area contributed by atoms with Gasteiger partial charge in [-0.3, -0.25) is 0 Å². The van der Waals surface area contributed by atoms with Crippen LogP contribution in [0.2, 0.25) is 0 Å². The molecule has 1 saturated heterocycles. The molecule has 24 heavy (non-hydrogen) atoms. The third-order valence-corrected chi connectivity index (χ3v) is 4.31. The van der Waals surface area contributed by atoms with Crippen molar-refractivity contribution in [2.24, 2.45) is 0 Å². The molecule has 0 spiro atoms. The van der Waals surface area contributed by atoms with E-state index in [2.05, 4.69) is 15.2 Å². The van der Waals surface area contributed by atoms with Crippen molar-refractivity contribution >= 4 is 0 Å². The number of hydrogen-bond acceptors (Lipinski definition) is 5. The van der Waals surface area contributed by atoms with Crippen LogP contribution in [0.5, 0.6) is 0 Å².